The van der Waals surface area contributed by atoms with Crippen molar-refractivity contribution in [3.63, 3.8) is 0 Å². The molecule has 9 heteroatoms. The molecule has 8 nitrogen and oxygen atoms in total. The summed E-state index contributed by atoms with van der Waals surface area (Å²) >= 11 is 0. The zero-order chi connectivity index (χ0) is 19.1. The van der Waals surface area contributed by atoms with Gasteiger partial charge in [-0.1, -0.05) is 18.2 Å². The van der Waals surface area contributed by atoms with Crippen LogP contribution in [-0.2, 0) is 11.8 Å². The highest BCUT2D eigenvalue weighted by atomic mass is 127. The third-order valence-corrected chi connectivity index (χ3v) is 4.35. The van der Waals surface area contributed by atoms with Gasteiger partial charge in [-0.05, 0) is 18.6 Å². The second kappa shape index (κ2) is 10.9. The van der Waals surface area contributed by atoms with Crippen molar-refractivity contribution < 1.29 is 9.53 Å². The molecule has 0 atom stereocenters. The van der Waals surface area contributed by atoms with Gasteiger partial charge in [0, 0.05) is 39.9 Å². The van der Waals surface area contributed by atoms with Crippen LogP contribution in [0.25, 0.3) is 0 Å². The topological polar surface area (TPSA) is 75.0 Å². The molecule has 2 aromatic rings. The first kappa shape index (κ1) is 22.0. The molecule has 1 aliphatic rings. The predicted octanol–water partition coefficient (Wildman–Crippen LogP) is 1.73. The number of guanidine groups is 1. The number of carbonyl (C=O) groups excluding carboxylic acids is 1. The highest BCUT2D eigenvalue weighted by molar-refractivity contribution is 14.0. The molecular formula is C19H27IN6O2. The van der Waals surface area contributed by atoms with E-state index in [0.29, 0.717) is 19.7 Å². The summed E-state index contributed by atoms with van der Waals surface area (Å²) in [6, 6.07) is 9.77. The summed E-state index contributed by atoms with van der Waals surface area (Å²) in [5.74, 6) is 1.66. The van der Waals surface area contributed by atoms with Gasteiger partial charge in [-0.3, -0.25) is 14.5 Å². The number of carbonyl (C=O) groups is 1. The maximum absolute atomic E-state index is 12.5. The minimum atomic E-state index is 0. The molecule has 0 saturated carbocycles. The smallest absolute Gasteiger partial charge is 0.246 e. The maximum Gasteiger partial charge on any atom is 0.246 e. The molecule has 1 fully saturated rings. The van der Waals surface area contributed by atoms with E-state index >= 15 is 0 Å². The van der Waals surface area contributed by atoms with Crippen LogP contribution in [0.3, 0.4) is 0 Å². The van der Waals surface area contributed by atoms with Gasteiger partial charge in [-0.25, -0.2) is 0 Å². The molecule has 152 valence electrons. The third-order valence-electron chi connectivity index (χ3n) is 4.35. The van der Waals surface area contributed by atoms with Gasteiger partial charge in [-0.2, -0.15) is 5.10 Å². The normalized spacial score (nSPS) is 14.6. The van der Waals surface area contributed by atoms with Crippen LogP contribution in [0.1, 0.15) is 6.42 Å². The Morgan fingerprint density at radius 2 is 2.07 bits per heavy atom. The van der Waals surface area contributed by atoms with Crippen LogP contribution in [0.2, 0.25) is 0 Å². The molecule has 1 saturated heterocycles. The van der Waals surface area contributed by atoms with Crippen LogP contribution in [0.5, 0.6) is 5.75 Å². The number of nitrogens with zero attached hydrogens (tertiary/aromatic N) is 5. The lowest BCUT2D eigenvalue weighted by atomic mass is 10.3. The van der Waals surface area contributed by atoms with Crippen molar-refractivity contribution in [2.24, 2.45) is 12.0 Å². The van der Waals surface area contributed by atoms with Crippen LogP contribution < -0.4 is 15.0 Å². The molecule has 1 N–H and O–H groups in total. The Bertz CT molecular complexity index is 780. The van der Waals surface area contributed by atoms with Crippen LogP contribution >= 0.6 is 24.0 Å². The zero-order valence-corrected chi connectivity index (χ0v) is 18.6. The van der Waals surface area contributed by atoms with Crippen molar-refractivity contribution in [2.45, 2.75) is 6.42 Å². The molecule has 0 radical (unpaired) electrons. The molecule has 28 heavy (non-hydrogen) atoms. The van der Waals surface area contributed by atoms with Crippen molar-refractivity contribution in [3.05, 3.63) is 42.7 Å². The van der Waals surface area contributed by atoms with Gasteiger partial charge in [0.15, 0.2) is 5.96 Å². The van der Waals surface area contributed by atoms with Crippen molar-refractivity contribution in [1.82, 2.24) is 20.0 Å². The Balaban J connectivity index is 0.00000280. The van der Waals surface area contributed by atoms with E-state index < -0.39 is 0 Å². The first-order valence-electron chi connectivity index (χ1n) is 9.10. The Morgan fingerprint density at radius 3 is 2.71 bits per heavy atom. The molecule has 1 amide bonds. The van der Waals surface area contributed by atoms with E-state index in [1.165, 1.54) is 0 Å². The molecule has 0 aliphatic carbocycles. The number of rotatable bonds is 6. The summed E-state index contributed by atoms with van der Waals surface area (Å²) in [5, 5.41) is 7.45. The van der Waals surface area contributed by atoms with Crippen molar-refractivity contribution in [3.8, 4) is 5.75 Å². The van der Waals surface area contributed by atoms with Crippen molar-refractivity contribution in [2.75, 3.05) is 44.7 Å². The van der Waals surface area contributed by atoms with E-state index in [0.717, 1.165) is 36.9 Å². The second-order valence-corrected chi connectivity index (χ2v) is 6.33. The number of piperazine rings is 1. The van der Waals surface area contributed by atoms with Gasteiger partial charge < -0.3 is 19.9 Å². The number of aryl methyl sites for hydroxylation is 1. The van der Waals surface area contributed by atoms with Gasteiger partial charge in [0.25, 0.3) is 0 Å². The average molecular weight is 498 g/mol. The fourth-order valence-electron chi connectivity index (χ4n) is 2.99. The first-order chi connectivity index (χ1) is 13.2. The number of aromatic nitrogens is 2. The van der Waals surface area contributed by atoms with Gasteiger partial charge in [0.2, 0.25) is 5.91 Å². The molecule has 1 aromatic carbocycles. The molecule has 3 rings (SSSR count). The number of hydrogen-bond acceptors (Lipinski definition) is 4. The Morgan fingerprint density at radius 1 is 1.29 bits per heavy atom. The van der Waals surface area contributed by atoms with E-state index in [4.69, 9.17) is 4.74 Å². The molecule has 0 unspecified atom stereocenters. The fourth-order valence-corrected chi connectivity index (χ4v) is 2.99. The molecule has 1 aliphatic heterocycles. The second-order valence-electron chi connectivity index (χ2n) is 6.33. The van der Waals surface area contributed by atoms with E-state index in [9.17, 15) is 4.79 Å². The number of ether oxygens (including phenoxy) is 1. The molecule has 0 bridgehead atoms. The van der Waals surface area contributed by atoms with Crippen LogP contribution in [0.4, 0.5) is 5.69 Å². The van der Waals surface area contributed by atoms with E-state index in [1.807, 2.05) is 48.5 Å². The Kier molecular flexibility index (Phi) is 8.55. The largest absolute Gasteiger partial charge is 0.494 e. The van der Waals surface area contributed by atoms with Gasteiger partial charge in [-0.15, -0.1) is 24.0 Å². The number of anilines is 1. The van der Waals surface area contributed by atoms with Crippen molar-refractivity contribution in [1.29, 1.82) is 0 Å². The standard InChI is InChI=1S/C19H26N6O2.HI/c1-20-19(21-9-6-12-27-17-7-4-3-5-8-17)24-10-11-25(18(26)15-24)16-13-22-23(2)14-16;/h3-5,7-8,13-14H,6,9-12,15H2,1-2H3,(H,20,21);1H. The number of aliphatic imine (C=N–C) groups is 1. The van der Waals surface area contributed by atoms with Crippen LogP contribution in [0, 0.1) is 0 Å². The lowest BCUT2D eigenvalue weighted by Crippen LogP contribution is -2.55. The SMILES string of the molecule is CN=C(NCCCOc1ccccc1)N1CCN(c2cnn(C)c2)C(=O)C1.I. The van der Waals surface area contributed by atoms with E-state index in [-0.39, 0.29) is 29.9 Å². The summed E-state index contributed by atoms with van der Waals surface area (Å²) in [6.45, 7) is 3.00. The molecular weight excluding hydrogens is 471 g/mol. The summed E-state index contributed by atoms with van der Waals surface area (Å²) in [4.78, 5) is 20.6. The highest BCUT2D eigenvalue weighted by Gasteiger charge is 2.27. The van der Waals surface area contributed by atoms with E-state index in [1.54, 1.807) is 22.8 Å². The number of halogens is 1. The summed E-state index contributed by atoms with van der Waals surface area (Å²) in [5.41, 5.74) is 0.836. The van der Waals surface area contributed by atoms with Crippen LogP contribution in [0.15, 0.2) is 47.7 Å². The van der Waals surface area contributed by atoms with Crippen LogP contribution in [-0.4, -0.2) is 66.4 Å². The first-order valence-corrected chi connectivity index (χ1v) is 9.10. The van der Waals surface area contributed by atoms with Gasteiger partial charge in [0.1, 0.15) is 12.3 Å². The number of para-hydroxylation sites is 1. The Labute approximate surface area is 182 Å². The number of hydrogen-bond donors (Lipinski definition) is 1. The van der Waals surface area contributed by atoms with Crippen molar-refractivity contribution >= 4 is 41.5 Å². The minimum absolute atomic E-state index is 0. The number of benzene rings is 1. The number of amides is 1. The zero-order valence-electron chi connectivity index (χ0n) is 16.2. The monoisotopic (exact) mass is 498 g/mol. The molecule has 1 aromatic heterocycles. The maximum atomic E-state index is 12.5. The lowest BCUT2D eigenvalue weighted by molar-refractivity contribution is -0.120. The average Bonchev–Trinajstić information content (AvgIpc) is 3.11. The highest BCUT2D eigenvalue weighted by Crippen LogP contribution is 2.16. The molecule has 2 heterocycles. The summed E-state index contributed by atoms with van der Waals surface area (Å²) in [6.07, 6.45) is 4.41. The summed E-state index contributed by atoms with van der Waals surface area (Å²) in [7, 11) is 3.58. The predicted molar refractivity (Wildman–Crippen MR) is 120 cm³/mol. The van der Waals surface area contributed by atoms with Gasteiger partial charge in [0.05, 0.1) is 18.5 Å². The quantitative estimate of drug-likeness (QED) is 0.284. The lowest BCUT2D eigenvalue weighted by Gasteiger charge is -2.35. The fraction of sp³-hybridized carbons (Fsp3) is 0.421. The Hall–Kier alpha value is -2.30. The van der Waals surface area contributed by atoms with E-state index in [2.05, 4.69) is 15.4 Å². The molecule has 0 spiro atoms. The minimum Gasteiger partial charge on any atom is -0.494 e. The van der Waals surface area contributed by atoms with Gasteiger partial charge >= 0.3 is 0 Å². The third kappa shape index (κ3) is 5.85. The summed E-state index contributed by atoms with van der Waals surface area (Å²) < 4.78 is 7.39. The number of nitrogens with one attached hydrogen (secondary N) is 1.